The van der Waals surface area contributed by atoms with E-state index in [0.29, 0.717) is 25.8 Å². The fraction of sp³-hybridized carbons (Fsp3) is 0.526. The largest absolute Gasteiger partial charge is 0.353 e. The molecule has 7 heteroatoms. The smallest absolute Gasteiger partial charge is 0.228 e. The van der Waals surface area contributed by atoms with Gasteiger partial charge in [-0.3, -0.25) is 14.4 Å². The third-order valence-corrected chi connectivity index (χ3v) is 4.99. The molecule has 0 atom stereocenters. The highest BCUT2D eigenvalue weighted by molar-refractivity contribution is 5.99. The summed E-state index contributed by atoms with van der Waals surface area (Å²) in [5.74, 6) is -0.000619. The van der Waals surface area contributed by atoms with Gasteiger partial charge >= 0.3 is 0 Å². The third-order valence-electron chi connectivity index (χ3n) is 4.99. The third kappa shape index (κ3) is 4.82. The summed E-state index contributed by atoms with van der Waals surface area (Å²) in [6.07, 6.45) is 4.52. The van der Waals surface area contributed by atoms with Crippen LogP contribution in [-0.4, -0.2) is 36.3 Å². The van der Waals surface area contributed by atoms with Gasteiger partial charge in [-0.05, 0) is 42.9 Å². The number of anilines is 1. The number of carbonyl (C=O) groups excluding carboxylic acids is 3. The molecule has 5 N–H and O–H groups in total. The van der Waals surface area contributed by atoms with E-state index in [9.17, 15) is 14.4 Å². The van der Waals surface area contributed by atoms with Crippen LogP contribution in [0, 0.1) is 0 Å². The van der Waals surface area contributed by atoms with Crippen LogP contribution in [-0.2, 0) is 27.2 Å². The number of carbonyl (C=O) groups is 3. The number of hydrogen-bond acceptors (Lipinski definition) is 4. The van der Waals surface area contributed by atoms with Crippen LogP contribution in [0.2, 0.25) is 0 Å². The quantitative estimate of drug-likeness (QED) is 0.597. The van der Waals surface area contributed by atoms with E-state index in [0.717, 1.165) is 42.5 Å². The standard InChI is InChI=1S/C19H26N4O3/c20-8-7-17(24)21-14-2-4-15(5-3-14)22-18(25)10-12-1-6-16-13(9-12)11-19(26)23-16/h1,6,9,14-15H,2-5,7-8,10-11,20H2,(H,21,24)(H,22,25)(H,23,26). The van der Waals surface area contributed by atoms with Crippen molar-refractivity contribution in [2.75, 3.05) is 11.9 Å². The summed E-state index contributed by atoms with van der Waals surface area (Å²) < 4.78 is 0. The molecule has 2 aliphatic rings. The Kier molecular flexibility index (Phi) is 5.88. The van der Waals surface area contributed by atoms with Crippen molar-refractivity contribution in [1.29, 1.82) is 0 Å². The van der Waals surface area contributed by atoms with E-state index in [1.807, 2.05) is 18.2 Å². The number of nitrogens with one attached hydrogen (secondary N) is 3. The first kappa shape index (κ1) is 18.4. The van der Waals surface area contributed by atoms with Crippen LogP contribution in [0.5, 0.6) is 0 Å². The van der Waals surface area contributed by atoms with Gasteiger partial charge in [-0.15, -0.1) is 0 Å². The summed E-state index contributed by atoms with van der Waals surface area (Å²) in [5.41, 5.74) is 8.09. The van der Waals surface area contributed by atoms with Crippen molar-refractivity contribution in [2.45, 2.75) is 57.0 Å². The van der Waals surface area contributed by atoms with E-state index < -0.39 is 0 Å². The van der Waals surface area contributed by atoms with Crippen molar-refractivity contribution in [3.8, 4) is 0 Å². The maximum atomic E-state index is 12.3. The minimum absolute atomic E-state index is 0.00199. The summed E-state index contributed by atoms with van der Waals surface area (Å²) in [6.45, 7) is 0.365. The fourth-order valence-electron chi connectivity index (χ4n) is 3.67. The highest BCUT2D eigenvalue weighted by Gasteiger charge is 2.24. The van der Waals surface area contributed by atoms with E-state index in [1.165, 1.54) is 0 Å². The van der Waals surface area contributed by atoms with Crippen molar-refractivity contribution in [3.63, 3.8) is 0 Å². The maximum Gasteiger partial charge on any atom is 0.228 e. The lowest BCUT2D eigenvalue weighted by molar-refractivity contribution is -0.123. The summed E-state index contributed by atoms with van der Waals surface area (Å²) >= 11 is 0. The van der Waals surface area contributed by atoms with Crippen LogP contribution in [0.15, 0.2) is 18.2 Å². The topological polar surface area (TPSA) is 113 Å². The van der Waals surface area contributed by atoms with Gasteiger partial charge in [0.2, 0.25) is 17.7 Å². The molecule has 140 valence electrons. The molecular formula is C19H26N4O3. The zero-order valence-electron chi connectivity index (χ0n) is 14.8. The van der Waals surface area contributed by atoms with Gasteiger partial charge < -0.3 is 21.7 Å². The predicted molar refractivity (Wildman–Crippen MR) is 98.5 cm³/mol. The molecule has 7 nitrogen and oxygen atoms in total. The molecule has 1 aliphatic carbocycles. The maximum absolute atomic E-state index is 12.3. The van der Waals surface area contributed by atoms with E-state index >= 15 is 0 Å². The van der Waals surface area contributed by atoms with Gasteiger partial charge in [0.05, 0.1) is 12.8 Å². The molecule has 3 amide bonds. The molecule has 0 unspecified atom stereocenters. The fourth-order valence-corrected chi connectivity index (χ4v) is 3.67. The van der Waals surface area contributed by atoms with Crippen molar-refractivity contribution in [1.82, 2.24) is 10.6 Å². The molecule has 0 aromatic heterocycles. The zero-order chi connectivity index (χ0) is 18.5. The molecule has 0 bridgehead atoms. The average Bonchev–Trinajstić information content (AvgIpc) is 2.96. The molecule has 1 fully saturated rings. The van der Waals surface area contributed by atoms with Crippen LogP contribution in [0.25, 0.3) is 0 Å². The molecule has 1 heterocycles. The Morgan fingerprint density at radius 2 is 1.73 bits per heavy atom. The Balaban J connectivity index is 1.43. The number of hydrogen-bond donors (Lipinski definition) is 4. The Labute approximate surface area is 153 Å². The van der Waals surface area contributed by atoms with E-state index in [1.54, 1.807) is 0 Å². The van der Waals surface area contributed by atoms with Crippen molar-refractivity contribution in [2.24, 2.45) is 5.73 Å². The lowest BCUT2D eigenvalue weighted by Gasteiger charge is -2.29. The van der Waals surface area contributed by atoms with Crippen molar-refractivity contribution >= 4 is 23.4 Å². The van der Waals surface area contributed by atoms with Gasteiger partial charge in [-0.1, -0.05) is 12.1 Å². The van der Waals surface area contributed by atoms with Crippen LogP contribution in [0.1, 0.15) is 43.2 Å². The number of amides is 3. The van der Waals surface area contributed by atoms with E-state index in [2.05, 4.69) is 16.0 Å². The van der Waals surface area contributed by atoms with Gasteiger partial charge in [-0.2, -0.15) is 0 Å². The molecular weight excluding hydrogens is 332 g/mol. The summed E-state index contributed by atoms with van der Waals surface area (Å²) in [7, 11) is 0. The molecule has 1 aromatic rings. The van der Waals surface area contributed by atoms with Gasteiger partial charge in [0.1, 0.15) is 0 Å². The molecule has 1 aliphatic heterocycles. The lowest BCUT2D eigenvalue weighted by Crippen LogP contribution is -2.44. The van der Waals surface area contributed by atoms with Crippen molar-refractivity contribution < 1.29 is 14.4 Å². The highest BCUT2D eigenvalue weighted by Crippen LogP contribution is 2.24. The molecule has 26 heavy (non-hydrogen) atoms. The summed E-state index contributed by atoms with van der Waals surface area (Å²) in [5, 5.41) is 8.88. The highest BCUT2D eigenvalue weighted by atomic mass is 16.2. The van der Waals surface area contributed by atoms with Crippen LogP contribution in [0.4, 0.5) is 5.69 Å². The second-order valence-corrected chi connectivity index (χ2v) is 7.12. The van der Waals surface area contributed by atoms with Gasteiger partial charge in [-0.25, -0.2) is 0 Å². The van der Waals surface area contributed by atoms with Crippen LogP contribution in [0.3, 0.4) is 0 Å². The zero-order valence-corrected chi connectivity index (χ0v) is 14.8. The van der Waals surface area contributed by atoms with Crippen LogP contribution < -0.4 is 21.7 Å². The Bertz CT molecular complexity index is 696. The van der Waals surface area contributed by atoms with Crippen LogP contribution >= 0.6 is 0 Å². The average molecular weight is 358 g/mol. The van der Waals surface area contributed by atoms with Gasteiger partial charge in [0.15, 0.2) is 0 Å². The monoisotopic (exact) mass is 358 g/mol. The molecule has 1 aromatic carbocycles. The number of rotatable bonds is 6. The predicted octanol–water partition coefficient (Wildman–Crippen LogP) is 0.616. The first-order valence-electron chi connectivity index (χ1n) is 9.24. The number of nitrogens with two attached hydrogens (primary N) is 1. The first-order valence-corrected chi connectivity index (χ1v) is 9.24. The normalized spacial score (nSPS) is 21.7. The SMILES string of the molecule is NCCC(=O)NC1CCC(NC(=O)Cc2ccc3c(c2)CC(=O)N3)CC1. The van der Waals surface area contributed by atoms with E-state index in [4.69, 9.17) is 5.73 Å². The molecule has 1 saturated carbocycles. The van der Waals surface area contributed by atoms with Gasteiger partial charge in [0, 0.05) is 30.7 Å². The molecule has 3 rings (SSSR count). The molecule has 0 saturated heterocycles. The first-order chi connectivity index (χ1) is 12.5. The minimum atomic E-state index is -0.00286. The number of benzene rings is 1. The lowest BCUT2D eigenvalue weighted by atomic mass is 9.91. The van der Waals surface area contributed by atoms with Crippen molar-refractivity contribution in [3.05, 3.63) is 29.3 Å². The summed E-state index contributed by atoms with van der Waals surface area (Å²) in [6, 6.07) is 6.01. The molecule has 0 spiro atoms. The summed E-state index contributed by atoms with van der Waals surface area (Å²) in [4.78, 5) is 35.3. The minimum Gasteiger partial charge on any atom is -0.353 e. The van der Waals surface area contributed by atoms with E-state index in [-0.39, 0.29) is 29.8 Å². The number of fused-ring (bicyclic) bond motifs is 1. The Morgan fingerprint density at radius 3 is 2.38 bits per heavy atom. The second kappa shape index (κ2) is 8.31. The molecule has 0 radical (unpaired) electrons. The van der Waals surface area contributed by atoms with Gasteiger partial charge in [0.25, 0.3) is 0 Å². The Morgan fingerprint density at radius 1 is 1.08 bits per heavy atom. The second-order valence-electron chi connectivity index (χ2n) is 7.12. The Hall–Kier alpha value is -2.41.